The van der Waals surface area contributed by atoms with Crippen molar-refractivity contribution in [3.8, 4) is 0 Å². The second-order valence-electron chi connectivity index (χ2n) is 4.79. The molecular weight excluding hydrogens is 277 g/mol. The zero-order valence-electron chi connectivity index (χ0n) is 11.7. The fourth-order valence-electron chi connectivity index (χ4n) is 1.78. The Hall–Kier alpha value is -2.30. The van der Waals surface area contributed by atoms with Crippen LogP contribution in [0, 0.1) is 0 Å². The summed E-state index contributed by atoms with van der Waals surface area (Å²) in [5, 5.41) is 0. The van der Waals surface area contributed by atoms with Gasteiger partial charge in [-0.1, -0.05) is 12.1 Å². The minimum atomic E-state index is -4.34. The van der Waals surface area contributed by atoms with Gasteiger partial charge in [-0.2, -0.15) is 13.2 Å². The van der Waals surface area contributed by atoms with Gasteiger partial charge in [-0.25, -0.2) is 0 Å². The molecular formula is C16H15F3N2. The molecule has 2 nitrogen and oxygen atoms in total. The lowest BCUT2D eigenvalue weighted by Gasteiger charge is -2.11. The Morgan fingerprint density at radius 3 is 2.24 bits per heavy atom. The molecule has 0 aliphatic rings. The zero-order valence-corrected chi connectivity index (χ0v) is 11.7. The van der Waals surface area contributed by atoms with Gasteiger partial charge in [0, 0.05) is 26.0 Å². The molecule has 0 fully saturated rings. The molecule has 21 heavy (non-hydrogen) atoms. The van der Waals surface area contributed by atoms with Crippen LogP contribution in [-0.4, -0.2) is 20.3 Å². The first kappa shape index (κ1) is 15.1. The summed E-state index contributed by atoms with van der Waals surface area (Å²) >= 11 is 0. The van der Waals surface area contributed by atoms with Gasteiger partial charge in [0.1, 0.15) is 0 Å². The van der Waals surface area contributed by atoms with Gasteiger partial charge in [0.25, 0.3) is 0 Å². The van der Waals surface area contributed by atoms with Crippen molar-refractivity contribution in [2.45, 2.75) is 6.18 Å². The molecule has 0 saturated carbocycles. The predicted octanol–water partition coefficient (Wildman–Crippen LogP) is 4.52. The van der Waals surface area contributed by atoms with E-state index in [2.05, 4.69) is 4.99 Å². The maximum atomic E-state index is 12.6. The lowest BCUT2D eigenvalue weighted by atomic mass is 10.1. The summed E-state index contributed by atoms with van der Waals surface area (Å²) in [6, 6.07) is 12.5. The Bertz CT molecular complexity index is 629. The number of hydrogen-bond acceptors (Lipinski definition) is 2. The number of anilines is 1. The lowest BCUT2D eigenvalue weighted by Crippen LogP contribution is -2.07. The van der Waals surface area contributed by atoms with Crippen molar-refractivity contribution in [3.05, 3.63) is 59.7 Å². The van der Waals surface area contributed by atoms with Crippen LogP contribution in [0.25, 0.3) is 0 Å². The fraction of sp³-hybridized carbons (Fsp3) is 0.188. The van der Waals surface area contributed by atoms with E-state index >= 15 is 0 Å². The molecule has 0 saturated heterocycles. The largest absolute Gasteiger partial charge is 0.416 e. The summed E-state index contributed by atoms with van der Waals surface area (Å²) in [6.45, 7) is 0. The molecule has 0 spiro atoms. The number of alkyl halides is 3. The highest BCUT2D eigenvalue weighted by atomic mass is 19.4. The molecule has 0 aliphatic heterocycles. The summed E-state index contributed by atoms with van der Waals surface area (Å²) in [5.74, 6) is 0. The summed E-state index contributed by atoms with van der Waals surface area (Å²) in [5.41, 5.74) is 1.47. The van der Waals surface area contributed by atoms with Crippen LogP contribution < -0.4 is 4.90 Å². The molecule has 0 bridgehead atoms. The maximum absolute atomic E-state index is 12.6. The number of benzene rings is 2. The molecule has 0 radical (unpaired) electrons. The predicted molar refractivity (Wildman–Crippen MR) is 79.5 cm³/mol. The maximum Gasteiger partial charge on any atom is 0.416 e. The van der Waals surface area contributed by atoms with E-state index in [1.165, 1.54) is 12.3 Å². The molecule has 0 atom stereocenters. The van der Waals surface area contributed by atoms with E-state index in [0.717, 1.165) is 17.8 Å². The molecule has 0 unspecified atom stereocenters. The van der Waals surface area contributed by atoms with Crippen LogP contribution >= 0.6 is 0 Å². The van der Waals surface area contributed by atoms with Gasteiger partial charge in [0.2, 0.25) is 0 Å². The van der Waals surface area contributed by atoms with Crippen LogP contribution in [0.4, 0.5) is 24.5 Å². The van der Waals surface area contributed by atoms with Crippen LogP contribution in [0.1, 0.15) is 11.1 Å². The van der Waals surface area contributed by atoms with E-state index in [1.807, 2.05) is 43.3 Å². The molecule has 0 amide bonds. The van der Waals surface area contributed by atoms with Crippen molar-refractivity contribution >= 4 is 17.6 Å². The first-order valence-corrected chi connectivity index (χ1v) is 6.35. The van der Waals surface area contributed by atoms with Gasteiger partial charge < -0.3 is 4.90 Å². The van der Waals surface area contributed by atoms with Crippen LogP contribution in [0.3, 0.4) is 0 Å². The number of halogens is 3. The van der Waals surface area contributed by atoms with Gasteiger partial charge in [0.05, 0.1) is 11.3 Å². The average molecular weight is 292 g/mol. The zero-order chi connectivity index (χ0) is 15.5. The second-order valence-corrected chi connectivity index (χ2v) is 4.79. The Labute approximate surface area is 121 Å². The monoisotopic (exact) mass is 292 g/mol. The van der Waals surface area contributed by atoms with Crippen molar-refractivity contribution in [2.75, 3.05) is 19.0 Å². The Balaban J connectivity index is 2.17. The normalized spacial score (nSPS) is 11.9. The second kappa shape index (κ2) is 5.99. The number of aliphatic imine (C=N–C) groups is 1. The van der Waals surface area contributed by atoms with Gasteiger partial charge in [0.15, 0.2) is 0 Å². The Morgan fingerprint density at radius 2 is 1.67 bits per heavy atom. The van der Waals surface area contributed by atoms with Gasteiger partial charge in [-0.3, -0.25) is 4.99 Å². The SMILES string of the molecule is CN(C)c1ccc(N=Cc2cccc(C(F)(F)F)c2)cc1. The quantitative estimate of drug-likeness (QED) is 0.759. The molecule has 0 aliphatic carbocycles. The third-order valence-corrected chi connectivity index (χ3v) is 2.94. The van der Waals surface area contributed by atoms with Crippen molar-refractivity contribution in [2.24, 2.45) is 4.99 Å². The van der Waals surface area contributed by atoms with E-state index in [1.54, 1.807) is 6.07 Å². The number of rotatable bonds is 3. The summed E-state index contributed by atoms with van der Waals surface area (Å²) < 4.78 is 37.8. The number of nitrogens with zero attached hydrogens (tertiary/aromatic N) is 2. The summed E-state index contributed by atoms with van der Waals surface area (Å²) in [4.78, 5) is 6.15. The third-order valence-electron chi connectivity index (χ3n) is 2.94. The smallest absolute Gasteiger partial charge is 0.378 e. The van der Waals surface area contributed by atoms with Crippen LogP contribution in [0.15, 0.2) is 53.5 Å². The van der Waals surface area contributed by atoms with Crippen molar-refractivity contribution in [3.63, 3.8) is 0 Å². The molecule has 110 valence electrons. The summed E-state index contributed by atoms with van der Waals surface area (Å²) in [7, 11) is 3.86. The van der Waals surface area contributed by atoms with E-state index < -0.39 is 11.7 Å². The lowest BCUT2D eigenvalue weighted by molar-refractivity contribution is -0.137. The highest BCUT2D eigenvalue weighted by Crippen LogP contribution is 2.29. The number of hydrogen-bond donors (Lipinski definition) is 0. The van der Waals surface area contributed by atoms with E-state index in [0.29, 0.717) is 11.3 Å². The van der Waals surface area contributed by atoms with E-state index in [9.17, 15) is 13.2 Å². The van der Waals surface area contributed by atoms with E-state index in [-0.39, 0.29) is 0 Å². The molecule has 2 rings (SSSR count). The highest BCUT2D eigenvalue weighted by Gasteiger charge is 2.30. The minimum Gasteiger partial charge on any atom is -0.378 e. The van der Waals surface area contributed by atoms with Crippen LogP contribution in [0.5, 0.6) is 0 Å². The van der Waals surface area contributed by atoms with Gasteiger partial charge >= 0.3 is 6.18 Å². The molecule has 0 N–H and O–H groups in total. The van der Waals surface area contributed by atoms with Crippen molar-refractivity contribution < 1.29 is 13.2 Å². The third kappa shape index (κ3) is 4.08. The molecule has 0 heterocycles. The highest BCUT2D eigenvalue weighted by molar-refractivity contribution is 5.82. The average Bonchev–Trinajstić information content (AvgIpc) is 2.45. The standard InChI is InChI=1S/C16H15F3N2/c1-21(2)15-8-6-14(7-9-15)20-11-12-4-3-5-13(10-12)16(17,18)19/h3-11H,1-2H3. The topological polar surface area (TPSA) is 15.6 Å². The minimum absolute atomic E-state index is 0.418. The first-order valence-electron chi connectivity index (χ1n) is 6.35. The van der Waals surface area contributed by atoms with Crippen molar-refractivity contribution in [1.29, 1.82) is 0 Å². The Kier molecular flexibility index (Phi) is 4.31. The molecule has 2 aromatic rings. The molecule has 0 aromatic heterocycles. The van der Waals surface area contributed by atoms with Crippen molar-refractivity contribution in [1.82, 2.24) is 0 Å². The van der Waals surface area contributed by atoms with Gasteiger partial charge in [-0.05, 0) is 42.0 Å². The fourth-order valence-corrected chi connectivity index (χ4v) is 1.78. The van der Waals surface area contributed by atoms with Crippen LogP contribution in [-0.2, 0) is 6.18 Å². The van der Waals surface area contributed by atoms with Gasteiger partial charge in [-0.15, -0.1) is 0 Å². The van der Waals surface area contributed by atoms with Crippen LogP contribution in [0.2, 0.25) is 0 Å². The first-order chi connectivity index (χ1) is 9.86. The molecule has 5 heteroatoms. The summed E-state index contributed by atoms with van der Waals surface area (Å²) in [6.07, 6.45) is -2.91. The van der Waals surface area contributed by atoms with E-state index in [4.69, 9.17) is 0 Å². The molecule has 2 aromatic carbocycles. The Morgan fingerprint density at radius 1 is 1.00 bits per heavy atom.